The fourth-order valence-electron chi connectivity index (χ4n) is 3.57. The molecule has 1 fully saturated rings. The Bertz CT molecular complexity index is 866. The number of nitrogens with zero attached hydrogens (tertiary/aromatic N) is 2. The zero-order valence-electron chi connectivity index (χ0n) is 17.4. The number of hydrogen-bond acceptors (Lipinski definition) is 3. The van der Waals surface area contributed by atoms with Gasteiger partial charge in [0.25, 0.3) is 0 Å². The summed E-state index contributed by atoms with van der Waals surface area (Å²) in [6.45, 7) is 5.16. The van der Waals surface area contributed by atoms with Crippen LogP contribution in [0.4, 0.5) is 14.9 Å². The first-order chi connectivity index (χ1) is 14.6. The van der Waals surface area contributed by atoms with Crippen molar-refractivity contribution in [3.8, 4) is 0 Å². The zero-order valence-corrected chi connectivity index (χ0v) is 17.4. The Hall–Kier alpha value is -2.93. The number of urea groups is 1. The van der Waals surface area contributed by atoms with Crippen molar-refractivity contribution in [2.75, 3.05) is 44.6 Å². The lowest BCUT2D eigenvalue weighted by atomic mass is 10.1. The number of benzene rings is 2. The Balaban J connectivity index is 1.38. The van der Waals surface area contributed by atoms with Crippen molar-refractivity contribution < 1.29 is 14.0 Å². The summed E-state index contributed by atoms with van der Waals surface area (Å²) in [5.41, 5.74) is 2.57. The molecule has 160 valence electrons. The molecule has 0 spiro atoms. The lowest BCUT2D eigenvalue weighted by Gasteiger charge is -2.34. The van der Waals surface area contributed by atoms with Crippen molar-refractivity contribution in [2.45, 2.75) is 19.8 Å². The molecular weight excluding hydrogens is 383 g/mol. The number of anilines is 1. The molecule has 0 radical (unpaired) electrons. The smallest absolute Gasteiger partial charge is 0.317 e. The van der Waals surface area contributed by atoms with Gasteiger partial charge in [-0.05, 0) is 36.1 Å². The Kier molecular flexibility index (Phi) is 7.79. The van der Waals surface area contributed by atoms with Gasteiger partial charge in [-0.3, -0.25) is 9.69 Å². The third-order valence-electron chi connectivity index (χ3n) is 5.33. The summed E-state index contributed by atoms with van der Waals surface area (Å²) in [6, 6.07) is 14.3. The third-order valence-corrected chi connectivity index (χ3v) is 5.33. The van der Waals surface area contributed by atoms with Crippen molar-refractivity contribution in [1.29, 1.82) is 0 Å². The number of hydrogen-bond donors (Lipinski definition) is 2. The summed E-state index contributed by atoms with van der Waals surface area (Å²) < 4.78 is 13.6. The number of halogens is 1. The molecule has 7 heteroatoms. The van der Waals surface area contributed by atoms with Crippen molar-refractivity contribution in [3.63, 3.8) is 0 Å². The summed E-state index contributed by atoms with van der Waals surface area (Å²) in [5.74, 6) is -0.293. The van der Waals surface area contributed by atoms with Gasteiger partial charge in [0.05, 0.1) is 6.54 Å². The topological polar surface area (TPSA) is 64.7 Å². The highest BCUT2D eigenvalue weighted by molar-refractivity contribution is 5.93. The van der Waals surface area contributed by atoms with Crippen LogP contribution in [0.15, 0.2) is 48.5 Å². The molecule has 3 amide bonds. The normalized spacial score (nSPS) is 14.4. The van der Waals surface area contributed by atoms with E-state index in [0.717, 1.165) is 17.7 Å². The molecule has 0 aliphatic carbocycles. The van der Waals surface area contributed by atoms with Gasteiger partial charge >= 0.3 is 6.03 Å². The van der Waals surface area contributed by atoms with Crippen LogP contribution in [0.1, 0.15) is 18.1 Å². The molecule has 2 aromatic carbocycles. The van der Waals surface area contributed by atoms with Gasteiger partial charge < -0.3 is 15.5 Å². The van der Waals surface area contributed by atoms with Gasteiger partial charge in [0.2, 0.25) is 5.91 Å². The van der Waals surface area contributed by atoms with Crippen molar-refractivity contribution >= 4 is 17.6 Å². The fraction of sp³-hybridized carbons (Fsp3) is 0.391. The van der Waals surface area contributed by atoms with Crippen LogP contribution in [0.25, 0.3) is 0 Å². The van der Waals surface area contributed by atoms with Crippen LogP contribution in [0.2, 0.25) is 0 Å². The lowest BCUT2D eigenvalue weighted by Crippen LogP contribution is -2.53. The summed E-state index contributed by atoms with van der Waals surface area (Å²) in [6.07, 6.45) is 1.32. The van der Waals surface area contributed by atoms with Gasteiger partial charge in [0.1, 0.15) is 5.82 Å². The number of piperazine rings is 1. The monoisotopic (exact) mass is 412 g/mol. The first kappa shape index (κ1) is 21.8. The Morgan fingerprint density at radius 1 is 0.967 bits per heavy atom. The van der Waals surface area contributed by atoms with E-state index in [1.54, 1.807) is 23.1 Å². The van der Waals surface area contributed by atoms with Crippen LogP contribution in [0.5, 0.6) is 0 Å². The summed E-state index contributed by atoms with van der Waals surface area (Å²) in [4.78, 5) is 28.5. The molecule has 0 saturated carbocycles. The highest BCUT2D eigenvalue weighted by Crippen LogP contribution is 2.15. The fourth-order valence-corrected chi connectivity index (χ4v) is 3.57. The number of nitrogens with one attached hydrogen (secondary N) is 2. The van der Waals surface area contributed by atoms with Gasteiger partial charge in [0, 0.05) is 38.4 Å². The first-order valence-corrected chi connectivity index (χ1v) is 10.4. The molecule has 0 atom stereocenters. The largest absolute Gasteiger partial charge is 0.338 e. The second-order valence-corrected chi connectivity index (χ2v) is 7.40. The molecule has 0 unspecified atom stereocenters. The molecule has 1 saturated heterocycles. The minimum atomic E-state index is -0.250. The van der Waals surface area contributed by atoms with E-state index in [1.165, 1.54) is 6.07 Å². The van der Waals surface area contributed by atoms with E-state index < -0.39 is 0 Å². The van der Waals surface area contributed by atoms with E-state index in [2.05, 4.69) is 17.6 Å². The van der Waals surface area contributed by atoms with E-state index in [1.807, 2.05) is 29.2 Å². The first-order valence-electron chi connectivity index (χ1n) is 10.4. The van der Waals surface area contributed by atoms with Crippen molar-refractivity contribution in [2.24, 2.45) is 0 Å². The standard InChI is InChI=1S/C23H29FN4O2/c1-2-18-7-4-6-10-21(18)26-22(29)17-27-13-15-28(16-14-27)23(30)25-12-11-19-8-3-5-9-20(19)24/h3-10H,2,11-17H2,1H3,(H,25,30)(H,26,29). The van der Waals surface area contributed by atoms with E-state index in [-0.39, 0.29) is 17.8 Å². The molecule has 3 rings (SSSR count). The maximum absolute atomic E-state index is 13.6. The van der Waals surface area contributed by atoms with Crippen LogP contribution < -0.4 is 10.6 Å². The minimum absolute atomic E-state index is 0.0429. The molecule has 30 heavy (non-hydrogen) atoms. The SMILES string of the molecule is CCc1ccccc1NC(=O)CN1CCN(C(=O)NCCc2ccccc2F)CC1. The number of carbonyl (C=O) groups excluding carboxylic acids is 2. The van der Waals surface area contributed by atoms with Crippen LogP contribution >= 0.6 is 0 Å². The number of carbonyl (C=O) groups is 2. The molecule has 0 bridgehead atoms. The molecule has 0 aromatic heterocycles. The van der Waals surface area contributed by atoms with Gasteiger partial charge in [-0.25, -0.2) is 9.18 Å². The molecule has 2 N–H and O–H groups in total. The van der Waals surface area contributed by atoms with E-state index in [4.69, 9.17) is 0 Å². The van der Waals surface area contributed by atoms with Crippen molar-refractivity contribution in [3.05, 3.63) is 65.5 Å². The zero-order chi connectivity index (χ0) is 21.3. The van der Waals surface area contributed by atoms with Gasteiger partial charge in [0.15, 0.2) is 0 Å². The second-order valence-electron chi connectivity index (χ2n) is 7.40. The Morgan fingerprint density at radius 3 is 2.33 bits per heavy atom. The quantitative estimate of drug-likeness (QED) is 0.735. The molecule has 1 heterocycles. The number of aryl methyl sites for hydroxylation is 1. The minimum Gasteiger partial charge on any atom is -0.338 e. The summed E-state index contributed by atoms with van der Waals surface area (Å²) in [7, 11) is 0. The summed E-state index contributed by atoms with van der Waals surface area (Å²) in [5, 5.41) is 5.84. The molecule has 1 aliphatic rings. The number of para-hydroxylation sites is 1. The highest BCUT2D eigenvalue weighted by Gasteiger charge is 2.22. The number of rotatable bonds is 7. The predicted octanol–water partition coefficient (Wildman–Crippen LogP) is 2.90. The van der Waals surface area contributed by atoms with E-state index >= 15 is 0 Å². The van der Waals surface area contributed by atoms with Crippen LogP contribution in [0.3, 0.4) is 0 Å². The van der Waals surface area contributed by atoms with Gasteiger partial charge in [-0.1, -0.05) is 43.3 Å². The average molecular weight is 413 g/mol. The second kappa shape index (κ2) is 10.7. The Labute approximate surface area is 177 Å². The predicted molar refractivity (Wildman–Crippen MR) is 116 cm³/mol. The van der Waals surface area contributed by atoms with E-state index in [0.29, 0.717) is 51.3 Å². The third kappa shape index (κ3) is 6.03. The molecule has 2 aromatic rings. The number of amides is 3. The van der Waals surface area contributed by atoms with E-state index in [9.17, 15) is 14.0 Å². The van der Waals surface area contributed by atoms with Crippen LogP contribution in [-0.4, -0.2) is 61.0 Å². The average Bonchev–Trinajstić information content (AvgIpc) is 2.76. The molecule has 1 aliphatic heterocycles. The molecule has 6 nitrogen and oxygen atoms in total. The van der Waals surface area contributed by atoms with Gasteiger partial charge in [-0.15, -0.1) is 0 Å². The molecular formula is C23H29FN4O2. The Morgan fingerprint density at radius 2 is 1.63 bits per heavy atom. The lowest BCUT2D eigenvalue weighted by molar-refractivity contribution is -0.117. The maximum atomic E-state index is 13.6. The van der Waals surface area contributed by atoms with Crippen molar-refractivity contribution in [1.82, 2.24) is 15.1 Å². The highest BCUT2D eigenvalue weighted by atomic mass is 19.1. The van der Waals surface area contributed by atoms with Crippen LogP contribution in [-0.2, 0) is 17.6 Å². The van der Waals surface area contributed by atoms with Crippen LogP contribution in [0, 0.1) is 5.82 Å². The summed E-state index contributed by atoms with van der Waals surface area (Å²) >= 11 is 0. The van der Waals surface area contributed by atoms with Gasteiger partial charge in [-0.2, -0.15) is 0 Å². The maximum Gasteiger partial charge on any atom is 0.317 e.